The molecule has 0 saturated carbocycles. The molecule has 0 spiro atoms. The molecule has 0 atom stereocenters. The van der Waals surface area contributed by atoms with Crippen molar-refractivity contribution in [2.24, 2.45) is 0 Å². The van der Waals surface area contributed by atoms with Gasteiger partial charge in [-0.05, 0) is 49.4 Å². The summed E-state index contributed by atoms with van der Waals surface area (Å²) < 4.78 is 29.0. The molecule has 164 valence electrons. The molecule has 3 aromatic rings. The molecule has 2 aliphatic heterocycles. The standard InChI is InChI=1S/C21H25N5O3S2/c1-2-19-23-26-20(27)13-16(22-21(26)30-19)14-24-11-8-15-12-17(6-7-18(15)24)31(28,29)25-9-4-3-5-10-25/h6-7,12-13H,2-5,8-11,14H2,1H3. The molecular weight excluding hydrogens is 434 g/mol. The first-order chi connectivity index (χ1) is 15.0. The topological polar surface area (TPSA) is 87.9 Å². The van der Waals surface area contributed by atoms with Gasteiger partial charge >= 0.3 is 0 Å². The molecule has 0 N–H and O–H groups in total. The Bertz CT molecular complexity index is 1290. The van der Waals surface area contributed by atoms with Gasteiger partial charge in [-0.25, -0.2) is 13.4 Å². The summed E-state index contributed by atoms with van der Waals surface area (Å²) in [6.07, 6.45) is 4.49. The Labute approximate surface area is 185 Å². The second-order valence-corrected chi connectivity index (χ2v) is 11.0. The predicted octanol–water partition coefficient (Wildman–Crippen LogP) is 2.45. The molecule has 10 heteroatoms. The highest BCUT2D eigenvalue weighted by molar-refractivity contribution is 7.89. The zero-order chi connectivity index (χ0) is 21.6. The number of rotatable bonds is 5. The second kappa shape index (κ2) is 7.99. The van der Waals surface area contributed by atoms with Crippen LogP contribution in [-0.2, 0) is 29.4 Å². The number of aryl methyl sites for hydroxylation is 1. The summed E-state index contributed by atoms with van der Waals surface area (Å²) in [7, 11) is -3.44. The van der Waals surface area contributed by atoms with Crippen molar-refractivity contribution in [3.8, 4) is 0 Å². The van der Waals surface area contributed by atoms with Gasteiger partial charge in [0.1, 0.15) is 5.01 Å². The molecule has 4 heterocycles. The number of aromatic nitrogens is 3. The molecule has 8 nitrogen and oxygen atoms in total. The lowest BCUT2D eigenvalue weighted by Gasteiger charge is -2.26. The lowest BCUT2D eigenvalue weighted by molar-refractivity contribution is 0.346. The number of nitrogens with zero attached hydrogens (tertiary/aromatic N) is 5. The van der Waals surface area contributed by atoms with Gasteiger partial charge in [-0.3, -0.25) is 4.79 Å². The number of benzene rings is 1. The van der Waals surface area contributed by atoms with Crippen LogP contribution in [0.2, 0.25) is 0 Å². The molecule has 1 saturated heterocycles. The van der Waals surface area contributed by atoms with E-state index in [1.807, 2.05) is 19.1 Å². The molecule has 1 aromatic carbocycles. The van der Waals surface area contributed by atoms with Crippen LogP contribution in [0.4, 0.5) is 5.69 Å². The van der Waals surface area contributed by atoms with E-state index >= 15 is 0 Å². The lowest BCUT2D eigenvalue weighted by atomic mass is 10.2. The molecule has 31 heavy (non-hydrogen) atoms. The minimum atomic E-state index is -3.44. The number of sulfonamides is 1. The molecule has 2 aliphatic rings. The number of fused-ring (bicyclic) bond motifs is 2. The minimum Gasteiger partial charge on any atom is -0.365 e. The van der Waals surface area contributed by atoms with Gasteiger partial charge in [0, 0.05) is 31.4 Å². The molecule has 0 radical (unpaired) electrons. The summed E-state index contributed by atoms with van der Waals surface area (Å²) in [6.45, 7) is 4.49. The van der Waals surface area contributed by atoms with Gasteiger partial charge in [-0.15, -0.1) is 0 Å². The summed E-state index contributed by atoms with van der Waals surface area (Å²) in [5.74, 6) is 0. The largest absolute Gasteiger partial charge is 0.365 e. The van der Waals surface area contributed by atoms with E-state index in [1.54, 1.807) is 16.4 Å². The first-order valence-corrected chi connectivity index (χ1v) is 13.0. The third kappa shape index (κ3) is 3.77. The fourth-order valence-corrected chi connectivity index (χ4v) is 6.77. The monoisotopic (exact) mass is 459 g/mol. The normalized spacial score (nSPS) is 17.4. The quantitative estimate of drug-likeness (QED) is 0.582. The Kier molecular flexibility index (Phi) is 5.31. The molecule has 5 rings (SSSR count). The minimum absolute atomic E-state index is 0.168. The van der Waals surface area contributed by atoms with E-state index in [0.29, 0.717) is 35.2 Å². The molecule has 1 fully saturated rings. The van der Waals surface area contributed by atoms with Gasteiger partial charge in [0.2, 0.25) is 15.0 Å². The Morgan fingerprint density at radius 1 is 1.10 bits per heavy atom. The van der Waals surface area contributed by atoms with Gasteiger partial charge in [0.25, 0.3) is 5.56 Å². The Morgan fingerprint density at radius 3 is 2.68 bits per heavy atom. The van der Waals surface area contributed by atoms with Crippen LogP contribution in [0.5, 0.6) is 0 Å². The van der Waals surface area contributed by atoms with Crippen LogP contribution in [0, 0.1) is 0 Å². The molecule has 2 aromatic heterocycles. The lowest BCUT2D eigenvalue weighted by Crippen LogP contribution is -2.35. The van der Waals surface area contributed by atoms with Gasteiger partial charge in [-0.2, -0.15) is 13.9 Å². The molecule has 0 amide bonds. The highest BCUT2D eigenvalue weighted by Gasteiger charge is 2.28. The maximum atomic E-state index is 13.0. The van der Waals surface area contributed by atoms with E-state index < -0.39 is 10.0 Å². The highest BCUT2D eigenvalue weighted by Crippen LogP contribution is 2.32. The van der Waals surface area contributed by atoms with Crippen LogP contribution in [0.25, 0.3) is 4.96 Å². The summed E-state index contributed by atoms with van der Waals surface area (Å²) in [4.78, 5) is 20.2. The van der Waals surface area contributed by atoms with Gasteiger partial charge in [0.05, 0.1) is 17.1 Å². The van der Waals surface area contributed by atoms with E-state index in [-0.39, 0.29) is 5.56 Å². The first-order valence-electron chi connectivity index (χ1n) is 10.7. The van der Waals surface area contributed by atoms with Crippen LogP contribution >= 0.6 is 11.3 Å². The van der Waals surface area contributed by atoms with Crippen molar-refractivity contribution in [2.45, 2.75) is 50.5 Å². The first kappa shape index (κ1) is 20.6. The van der Waals surface area contributed by atoms with Crippen molar-refractivity contribution in [3.63, 3.8) is 0 Å². The van der Waals surface area contributed by atoms with E-state index in [9.17, 15) is 13.2 Å². The average Bonchev–Trinajstić information content (AvgIpc) is 3.38. The van der Waals surface area contributed by atoms with E-state index in [1.165, 1.54) is 15.9 Å². The van der Waals surface area contributed by atoms with Crippen molar-refractivity contribution in [1.82, 2.24) is 18.9 Å². The summed E-state index contributed by atoms with van der Waals surface area (Å²) >= 11 is 1.44. The fourth-order valence-electron chi connectivity index (χ4n) is 4.34. The highest BCUT2D eigenvalue weighted by atomic mass is 32.2. The van der Waals surface area contributed by atoms with Crippen molar-refractivity contribution in [1.29, 1.82) is 0 Å². The van der Waals surface area contributed by atoms with Crippen LogP contribution in [0.1, 0.15) is 42.5 Å². The number of hydrogen-bond acceptors (Lipinski definition) is 7. The Balaban J connectivity index is 1.40. The van der Waals surface area contributed by atoms with E-state index in [4.69, 9.17) is 0 Å². The third-order valence-corrected chi connectivity index (χ3v) is 8.94. The zero-order valence-electron chi connectivity index (χ0n) is 17.5. The average molecular weight is 460 g/mol. The zero-order valence-corrected chi connectivity index (χ0v) is 19.1. The summed E-state index contributed by atoms with van der Waals surface area (Å²) in [5, 5.41) is 5.18. The van der Waals surface area contributed by atoms with Crippen molar-refractivity contribution in [2.75, 3.05) is 24.5 Å². The fraction of sp³-hybridized carbons (Fsp3) is 0.476. The maximum Gasteiger partial charge on any atom is 0.275 e. The molecule has 0 bridgehead atoms. The molecular formula is C21H25N5O3S2. The third-order valence-electron chi connectivity index (χ3n) is 5.99. The van der Waals surface area contributed by atoms with Crippen LogP contribution in [0.3, 0.4) is 0 Å². The van der Waals surface area contributed by atoms with Crippen molar-refractivity contribution >= 4 is 32.0 Å². The number of anilines is 1. The van der Waals surface area contributed by atoms with Crippen molar-refractivity contribution in [3.05, 3.63) is 50.9 Å². The smallest absolute Gasteiger partial charge is 0.275 e. The van der Waals surface area contributed by atoms with Gasteiger partial charge in [-0.1, -0.05) is 24.7 Å². The molecule has 0 aliphatic carbocycles. The van der Waals surface area contributed by atoms with Crippen LogP contribution in [-0.4, -0.2) is 47.0 Å². The van der Waals surface area contributed by atoms with Crippen molar-refractivity contribution < 1.29 is 8.42 Å². The Hall–Kier alpha value is -2.30. The van der Waals surface area contributed by atoms with Gasteiger partial charge < -0.3 is 4.90 Å². The van der Waals surface area contributed by atoms with E-state index in [2.05, 4.69) is 15.0 Å². The summed E-state index contributed by atoms with van der Waals surface area (Å²) in [6, 6.07) is 6.97. The maximum absolute atomic E-state index is 13.0. The Morgan fingerprint density at radius 2 is 1.90 bits per heavy atom. The van der Waals surface area contributed by atoms with Gasteiger partial charge in [0.15, 0.2) is 0 Å². The second-order valence-electron chi connectivity index (χ2n) is 8.06. The number of hydrogen-bond donors (Lipinski definition) is 0. The van der Waals surface area contributed by atoms with Crippen LogP contribution < -0.4 is 10.5 Å². The van der Waals surface area contributed by atoms with E-state index in [0.717, 1.165) is 54.9 Å². The number of piperidine rings is 1. The predicted molar refractivity (Wildman–Crippen MR) is 120 cm³/mol. The SMILES string of the molecule is CCc1nn2c(=O)cc(CN3CCc4cc(S(=O)(=O)N5CCCCC5)ccc43)nc2s1. The summed E-state index contributed by atoms with van der Waals surface area (Å²) in [5.41, 5.74) is 2.58. The van der Waals surface area contributed by atoms with Crippen LogP contribution in [0.15, 0.2) is 34.0 Å². The molecule has 0 unspecified atom stereocenters.